The van der Waals surface area contributed by atoms with Gasteiger partial charge in [-0.1, -0.05) is 0 Å². The molecule has 0 aromatic carbocycles. The zero-order valence-electron chi connectivity index (χ0n) is 16.3. The molecule has 0 spiro atoms. The molecule has 0 saturated carbocycles. The van der Waals surface area contributed by atoms with Gasteiger partial charge in [0.2, 0.25) is 0 Å². The lowest BCUT2D eigenvalue weighted by molar-refractivity contribution is -0.00361. The zero-order chi connectivity index (χ0) is 18.5. The Kier molecular flexibility index (Phi) is 4.74. The van der Waals surface area contributed by atoms with Gasteiger partial charge in [0.25, 0.3) is 0 Å². The van der Waals surface area contributed by atoms with Crippen molar-refractivity contribution in [2.75, 3.05) is 0 Å². The molecule has 6 nitrogen and oxygen atoms in total. The lowest BCUT2D eigenvalue weighted by atomic mass is 9.82. The Morgan fingerprint density at radius 3 is 2.12 bits per heavy atom. The van der Waals surface area contributed by atoms with Crippen LogP contribution in [0, 0.1) is 0 Å². The summed E-state index contributed by atoms with van der Waals surface area (Å²) in [7, 11) is -0.683. The van der Waals surface area contributed by atoms with Gasteiger partial charge in [-0.2, -0.15) is 0 Å². The molecule has 0 aromatic rings. The van der Waals surface area contributed by atoms with Gasteiger partial charge in [-0.3, -0.25) is 4.90 Å². The minimum absolute atomic E-state index is 0.149. The molecule has 7 heteroatoms. The van der Waals surface area contributed by atoms with Gasteiger partial charge in [-0.15, -0.1) is 0 Å². The summed E-state index contributed by atoms with van der Waals surface area (Å²) in [5.74, 6) is 0. The smallest absolute Gasteiger partial charge is 0.495 e. The van der Waals surface area contributed by atoms with E-state index in [2.05, 4.69) is 0 Å². The fourth-order valence-corrected chi connectivity index (χ4v) is 2.51. The lowest BCUT2D eigenvalue weighted by Crippen LogP contribution is -2.52. The van der Waals surface area contributed by atoms with E-state index >= 15 is 0 Å². The molecule has 0 bridgehead atoms. The first-order valence-electron chi connectivity index (χ1n) is 8.48. The van der Waals surface area contributed by atoms with Gasteiger partial charge >= 0.3 is 13.2 Å². The highest BCUT2D eigenvalue weighted by molar-refractivity contribution is 6.54. The minimum Gasteiger partial charge on any atom is -0.495 e. The molecule has 2 heterocycles. The third-order valence-electron chi connectivity index (χ3n) is 4.85. The van der Waals surface area contributed by atoms with Gasteiger partial charge in [-0.25, -0.2) is 4.79 Å². The second kappa shape index (κ2) is 5.95. The highest BCUT2D eigenvalue weighted by Crippen LogP contribution is 2.40. The molecular weight excluding hydrogens is 309 g/mol. The second-order valence-electron chi connectivity index (χ2n) is 8.56. The van der Waals surface area contributed by atoms with Crippen molar-refractivity contribution in [2.24, 2.45) is 0 Å². The maximum Gasteiger partial charge on any atom is 0.515 e. The van der Waals surface area contributed by atoms with E-state index in [0.717, 1.165) is 0 Å². The molecule has 24 heavy (non-hydrogen) atoms. The van der Waals surface area contributed by atoms with E-state index in [1.807, 2.05) is 62.3 Å². The lowest BCUT2D eigenvalue weighted by Gasteiger charge is -2.39. The number of hydrogen-bond acceptors (Lipinski definition) is 5. The number of nitrogens with zero attached hydrogens (tertiary/aromatic N) is 1. The molecule has 2 aliphatic heterocycles. The fraction of sp³-hybridized carbons (Fsp3) is 0.824. The molecule has 1 amide bonds. The van der Waals surface area contributed by atoms with Crippen molar-refractivity contribution < 1.29 is 23.6 Å². The number of carbonyl (C=O) groups is 1. The molecule has 2 aliphatic rings. The Hall–Kier alpha value is -1.21. The first-order valence-corrected chi connectivity index (χ1v) is 8.48. The number of rotatable bonds is 1. The molecule has 2 rings (SSSR count). The number of carbonyl (C=O) groups excluding carboxylic acids is 1. The molecule has 1 fully saturated rings. The Morgan fingerprint density at radius 1 is 1.17 bits per heavy atom. The first-order chi connectivity index (χ1) is 10.8. The Labute approximate surface area is 145 Å². The van der Waals surface area contributed by atoms with E-state index < -0.39 is 30.0 Å². The molecule has 0 radical (unpaired) electrons. The standard InChI is InChI=1S/C17H30BNO5/c1-11-12(2)21-10-13(19(11)14(20)22-15(3,4)5)18-23-16(6,7)17(8,9)24-18/h10-12H,1-9H3. The Bertz CT molecular complexity index is 522. The van der Waals surface area contributed by atoms with Crippen molar-refractivity contribution in [3.63, 3.8) is 0 Å². The predicted octanol–water partition coefficient (Wildman–Crippen LogP) is 3.50. The average molecular weight is 339 g/mol. The van der Waals surface area contributed by atoms with Crippen LogP contribution >= 0.6 is 0 Å². The summed E-state index contributed by atoms with van der Waals surface area (Å²) in [6, 6.07) is -0.195. The van der Waals surface area contributed by atoms with Gasteiger partial charge in [-0.05, 0) is 62.3 Å². The Morgan fingerprint density at radius 2 is 1.67 bits per heavy atom. The van der Waals surface area contributed by atoms with E-state index in [9.17, 15) is 4.79 Å². The summed E-state index contributed by atoms with van der Waals surface area (Å²) in [5, 5.41) is 0. The van der Waals surface area contributed by atoms with E-state index in [4.69, 9.17) is 18.8 Å². The third-order valence-corrected chi connectivity index (χ3v) is 4.85. The summed E-state index contributed by atoms with van der Waals surface area (Å²) in [6.07, 6.45) is 0.978. The van der Waals surface area contributed by atoms with Crippen LogP contribution in [-0.4, -0.2) is 47.1 Å². The molecule has 0 N–H and O–H groups in total. The first kappa shape index (κ1) is 19.1. The van der Waals surface area contributed by atoms with Crippen LogP contribution in [0.4, 0.5) is 4.79 Å². The van der Waals surface area contributed by atoms with Gasteiger partial charge in [0.15, 0.2) is 0 Å². The molecule has 2 unspecified atom stereocenters. The number of hydrogen-bond donors (Lipinski definition) is 0. The summed E-state index contributed by atoms with van der Waals surface area (Å²) >= 11 is 0. The summed E-state index contributed by atoms with van der Waals surface area (Å²) < 4.78 is 23.4. The van der Waals surface area contributed by atoms with Crippen molar-refractivity contribution >= 4 is 13.2 Å². The van der Waals surface area contributed by atoms with E-state index in [-0.39, 0.29) is 12.1 Å². The maximum absolute atomic E-state index is 12.8. The minimum atomic E-state index is -0.683. The van der Waals surface area contributed by atoms with Crippen LogP contribution in [0.2, 0.25) is 0 Å². The fourth-order valence-electron chi connectivity index (χ4n) is 2.51. The van der Waals surface area contributed by atoms with Gasteiger partial charge in [0, 0.05) is 0 Å². The number of amides is 1. The average Bonchev–Trinajstić information content (AvgIpc) is 2.59. The van der Waals surface area contributed by atoms with Crippen molar-refractivity contribution in [1.29, 1.82) is 0 Å². The molecule has 2 atom stereocenters. The van der Waals surface area contributed by atoms with Crippen LogP contribution in [0.25, 0.3) is 0 Å². The Balaban J connectivity index is 2.31. The van der Waals surface area contributed by atoms with E-state index in [1.54, 1.807) is 11.2 Å². The highest BCUT2D eigenvalue weighted by Gasteiger charge is 2.55. The summed E-state index contributed by atoms with van der Waals surface area (Å²) in [5.41, 5.74) is -1.04. The van der Waals surface area contributed by atoms with Crippen LogP contribution in [-0.2, 0) is 18.8 Å². The van der Waals surface area contributed by atoms with Crippen molar-refractivity contribution in [1.82, 2.24) is 4.90 Å². The van der Waals surface area contributed by atoms with Crippen molar-refractivity contribution in [3.05, 3.63) is 11.9 Å². The maximum atomic E-state index is 12.8. The highest BCUT2D eigenvalue weighted by atomic mass is 16.7. The second-order valence-corrected chi connectivity index (χ2v) is 8.56. The molecule has 136 valence electrons. The van der Waals surface area contributed by atoms with Gasteiger partial charge in [0.1, 0.15) is 11.7 Å². The zero-order valence-corrected chi connectivity index (χ0v) is 16.3. The van der Waals surface area contributed by atoms with Crippen LogP contribution in [0.15, 0.2) is 11.9 Å². The van der Waals surface area contributed by atoms with Crippen molar-refractivity contribution in [2.45, 2.75) is 91.3 Å². The molecule has 0 aromatic heterocycles. The van der Waals surface area contributed by atoms with Crippen LogP contribution in [0.3, 0.4) is 0 Å². The monoisotopic (exact) mass is 339 g/mol. The SMILES string of the molecule is CC1OC=C(B2OC(C)(C)C(C)(C)O2)N(C(=O)OC(C)(C)C)C1C. The topological polar surface area (TPSA) is 57.2 Å². The quantitative estimate of drug-likeness (QED) is 0.685. The van der Waals surface area contributed by atoms with E-state index in [0.29, 0.717) is 5.60 Å². The van der Waals surface area contributed by atoms with Crippen LogP contribution in [0.5, 0.6) is 0 Å². The van der Waals surface area contributed by atoms with Gasteiger partial charge < -0.3 is 18.8 Å². The summed E-state index contributed by atoms with van der Waals surface area (Å²) in [6.45, 7) is 17.3. The largest absolute Gasteiger partial charge is 0.515 e. The molecule has 1 saturated heterocycles. The summed E-state index contributed by atoms with van der Waals surface area (Å²) in [4.78, 5) is 14.3. The van der Waals surface area contributed by atoms with E-state index in [1.165, 1.54) is 0 Å². The van der Waals surface area contributed by atoms with Crippen LogP contribution in [0.1, 0.15) is 62.3 Å². The number of ether oxygens (including phenoxy) is 2. The van der Waals surface area contributed by atoms with Crippen LogP contribution < -0.4 is 0 Å². The van der Waals surface area contributed by atoms with Gasteiger partial charge in [0.05, 0.1) is 29.1 Å². The predicted molar refractivity (Wildman–Crippen MR) is 92.2 cm³/mol. The third kappa shape index (κ3) is 3.57. The molecular formula is C17H30BNO5. The normalized spacial score (nSPS) is 29.1. The molecule has 0 aliphatic carbocycles. The van der Waals surface area contributed by atoms with Crippen molar-refractivity contribution in [3.8, 4) is 0 Å².